The molecule has 636 valence electrons. The molecular weight excluding hydrogens is 1390 g/mol. The summed E-state index contributed by atoms with van der Waals surface area (Å²) in [4.78, 5) is 73.4. The van der Waals surface area contributed by atoms with E-state index in [1.54, 1.807) is 0 Å². The van der Waals surface area contributed by atoms with Crippen LogP contribution in [-0.2, 0) is 65.4 Å². The van der Waals surface area contributed by atoms with Crippen molar-refractivity contribution in [3.63, 3.8) is 0 Å². The molecule has 0 aromatic heterocycles. The van der Waals surface area contributed by atoms with Crippen molar-refractivity contribution in [3.8, 4) is 0 Å². The highest BCUT2D eigenvalue weighted by atomic mass is 31.2. The van der Waals surface area contributed by atoms with Crippen LogP contribution in [0.1, 0.15) is 472 Å². The van der Waals surface area contributed by atoms with E-state index in [0.29, 0.717) is 25.7 Å². The third-order valence-corrected chi connectivity index (χ3v) is 22.6. The summed E-state index contributed by atoms with van der Waals surface area (Å²) in [6.45, 7) is 9.75. The number of phosphoric acid groups is 2. The molecule has 2 unspecified atom stereocenters. The topological polar surface area (TPSA) is 237 Å². The molecule has 0 aliphatic rings. The molecule has 107 heavy (non-hydrogen) atoms. The third-order valence-electron chi connectivity index (χ3n) is 20.7. The lowest BCUT2D eigenvalue weighted by Crippen LogP contribution is -2.30. The predicted octanol–water partition coefficient (Wildman–Crippen LogP) is 27.0. The van der Waals surface area contributed by atoms with Crippen molar-refractivity contribution in [3.05, 3.63) is 0 Å². The van der Waals surface area contributed by atoms with Gasteiger partial charge in [-0.2, -0.15) is 0 Å². The molecule has 3 N–H and O–H groups in total. The Balaban J connectivity index is 5.27. The average Bonchev–Trinajstić information content (AvgIpc) is 0.925. The van der Waals surface area contributed by atoms with Crippen LogP contribution >= 0.6 is 15.6 Å². The van der Waals surface area contributed by atoms with Crippen LogP contribution in [0.25, 0.3) is 0 Å². The van der Waals surface area contributed by atoms with Crippen LogP contribution in [0.15, 0.2) is 0 Å². The predicted molar refractivity (Wildman–Crippen MR) is 442 cm³/mol. The van der Waals surface area contributed by atoms with Gasteiger partial charge in [-0.3, -0.25) is 37.3 Å². The molecule has 0 saturated heterocycles. The lowest BCUT2D eigenvalue weighted by Gasteiger charge is -2.21. The standard InChI is InChI=1S/C88H172O17P2/c1-7-9-11-13-15-17-19-21-22-23-24-29-36-42-48-54-60-66-72-87(92)104-83(76-98-85(90)70-64-58-52-46-40-32-20-18-16-14-12-10-8-2)78-102-106(94,95)100-74-82(89)75-101-107(96,97)103-79-84(105-88(93)73-67-61-55-49-43-37-31-26-28-34-39-45-51-57-63-69-81(5)6)77-99-86(91)71-65-59-53-47-41-35-30-25-27-33-38-44-50-56-62-68-80(3)4/h80-84,89H,7-79H2,1-6H3,(H,94,95)(H,96,97)/t82-,83+,84+/m0/s1. The fourth-order valence-corrected chi connectivity index (χ4v) is 15.4. The van der Waals surface area contributed by atoms with Crippen molar-refractivity contribution in [2.24, 2.45) is 11.8 Å². The lowest BCUT2D eigenvalue weighted by atomic mass is 10.0. The molecule has 0 fully saturated rings. The molecule has 0 saturated carbocycles. The Morgan fingerprint density at radius 2 is 0.430 bits per heavy atom. The quantitative estimate of drug-likeness (QED) is 0.0222. The SMILES string of the molecule is CCCCCCCCCCCCCCCCCCCCC(=O)O[C@H](COC(=O)CCCCCCCCCCCCCCC)COP(=O)(O)OC[C@H](O)COP(=O)(O)OC[C@@H](COC(=O)CCCCCCCCCCCCCCCCCC(C)C)OC(=O)CCCCCCCCCCCCCCCCCC(C)C. The lowest BCUT2D eigenvalue weighted by molar-refractivity contribution is -0.161. The van der Waals surface area contributed by atoms with Gasteiger partial charge in [-0.15, -0.1) is 0 Å². The molecule has 0 amide bonds. The zero-order valence-corrected chi connectivity index (χ0v) is 72.2. The van der Waals surface area contributed by atoms with E-state index < -0.39 is 97.5 Å². The molecular formula is C88H172O17P2. The number of rotatable bonds is 87. The first kappa shape index (κ1) is 105. The highest BCUT2D eigenvalue weighted by Crippen LogP contribution is 2.45. The molecule has 0 aliphatic heterocycles. The molecule has 0 bridgehead atoms. The maximum absolute atomic E-state index is 13.2. The highest BCUT2D eigenvalue weighted by Gasteiger charge is 2.30. The first-order chi connectivity index (χ1) is 51.9. The molecule has 0 radical (unpaired) electrons. The van der Waals surface area contributed by atoms with Crippen molar-refractivity contribution in [2.75, 3.05) is 39.6 Å². The van der Waals surface area contributed by atoms with Crippen LogP contribution in [0.3, 0.4) is 0 Å². The molecule has 5 atom stereocenters. The normalized spacial score (nSPS) is 13.8. The largest absolute Gasteiger partial charge is 0.472 e. The summed E-state index contributed by atoms with van der Waals surface area (Å²) in [6, 6.07) is 0. The second kappa shape index (κ2) is 79.3. The summed E-state index contributed by atoms with van der Waals surface area (Å²) in [5.41, 5.74) is 0. The smallest absolute Gasteiger partial charge is 0.462 e. The summed E-state index contributed by atoms with van der Waals surface area (Å²) in [5.74, 6) is -0.487. The van der Waals surface area contributed by atoms with Gasteiger partial charge in [0.25, 0.3) is 0 Å². The maximum atomic E-state index is 13.2. The number of carbonyl (C=O) groups excluding carboxylic acids is 4. The van der Waals surface area contributed by atoms with E-state index in [-0.39, 0.29) is 25.7 Å². The number of unbranched alkanes of at least 4 members (excludes halogenated alkanes) is 57. The Kier molecular flexibility index (Phi) is 77.9. The number of aliphatic hydroxyl groups excluding tert-OH is 1. The second-order valence-corrected chi connectivity index (χ2v) is 35.5. The van der Waals surface area contributed by atoms with Gasteiger partial charge in [-0.05, 0) is 37.5 Å². The molecule has 0 spiro atoms. The zero-order chi connectivity index (χ0) is 78.5. The number of aliphatic hydroxyl groups is 1. The van der Waals surface area contributed by atoms with E-state index >= 15 is 0 Å². The minimum Gasteiger partial charge on any atom is -0.462 e. The summed E-state index contributed by atoms with van der Waals surface area (Å²) in [6.07, 6.45) is 72.1. The molecule has 0 rings (SSSR count). The van der Waals surface area contributed by atoms with E-state index in [4.69, 9.17) is 37.0 Å². The van der Waals surface area contributed by atoms with Crippen molar-refractivity contribution < 1.29 is 80.2 Å². The van der Waals surface area contributed by atoms with Gasteiger partial charge in [-0.25, -0.2) is 9.13 Å². The van der Waals surface area contributed by atoms with Crippen molar-refractivity contribution in [1.29, 1.82) is 0 Å². The van der Waals surface area contributed by atoms with Gasteiger partial charge in [-0.1, -0.05) is 420 Å². The third kappa shape index (κ3) is 81.9. The molecule has 0 aliphatic carbocycles. The number of ether oxygens (including phenoxy) is 4. The number of hydrogen-bond donors (Lipinski definition) is 3. The van der Waals surface area contributed by atoms with E-state index in [0.717, 1.165) is 102 Å². The maximum Gasteiger partial charge on any atom is 0.472 e. The van der Waals surface area contributed by atoms with Crippen LogP contribution in [0, 0.1) is 11.8 Å². The average molecular weight is 1560 g/mol. The minimum atomic E-state index is -4.97. The number of esters is 4. The molecule has 0 aromatic carbocycles. The van der Waals surface area contributed by atoms with Gasteiger partial charge < -0.3 is 33.8 Å². The van der Waals surface area contributed by atoms with Gasteiger partial charge in [0.15, 0.2) is 12.2 Å². The Hall–Kier alpha value is -1.94. The number of carbonyl (C=O) groups is 4. The monoisotopic (exact) mass is 1560 g/mol. The zero-order valence-electron chi connectivity index (χ0n) is 70.5. The van der Waals surface area contributed by atoms with Gasteiger partial charge in [0.1, 0.15) is 19.3 Å². The molecule has 0 heterocycles. The fourth-order valence-electron chi connectivity index (χ4n) is 13.8. The summed E-state index contributed by atoms with van der Waals surface area (Å²) in [7, 11) is -9.93. The van der Waals surface area contributed by atoms with Crippen LogP contribution in [0.5, 0.6) is 0 Å². The Labute approximate surface area is 658 Å². The van der Waals surface area contributed by atoms with Gasteiger partial charge in [0.2, 0.25) is 0 Å². The first-order valence-corrected chi connectivity index (χ1v) is 48.5. The summed E-state index contributed by atoms with van der Waals surface area (Å²) < 4.78 is 69.0. The second-order valence-electron chi connectivity index (χ2n) is 32.6. The van der Waals surface area contributed by atoms with Gasteiger partial charge in [0.05, 0.1) is 26.4 Å². The molecule has 17 nitrogen and oxygen atoms in total. The highest BCUT2D eigenvalue weighted by molar-refractivity contribution is 7.47. The number of hydrogen-bond acceptors (Lipinski definition) is 15. The minimum absolute atomic E-state index is 0.108. The van der Waals surface area contributed by atoms with Crippen LogP contribution in [0.2, 0.25) is 0 Å². The Morgan fingerprint density at radius 1 is 0.252 bits per heavy atom. The van der Waals surface area contributed by atoms with Gasteiger partial charge >= 0.3 is 39.5 Å². The van der Waals surface area contributed by atoms with E-state index in [9.17, 15) is 43.2 Å². The summed E-state index contributed by atoms with van der Waals surface area (Å²) >= 11 is 0. The van der Waals surface area contributed by atoms with Gasteiger partial charge in [0, 0.05) is 25.7 Å². The van der Waals surface area contributed by atoms with E-state index in [2.05, 4.69) is 41.5 Å². The Morgan fingerprint density at radius 3 is 0.636 bits per heavy atom. The molecule has 0 aromatic rings. The molecule has 19 heteroatoms. The van der Waals surface area contributed by atoms with Crippen molar-refractivity contribution >= 4 is 39.5 Å². The fraction of sp³-hybridized carbons (Fsp3) is 0.955. The number of phosphoric ester groups is 2. The van der Waals surface area contributed by atoms with Crippen LogP contribution in [-0.4, -0.2) is 96.7 Å². The summed E-state index contributed by atoms with van der Waals surface area (Å²) in [5, 5.41) is 10.7. The van der Waals surface area contributed by atoms with E-state index in [1.165, 1.54) is 289 Å². The first-order valence-electron chi connectivity index (χ1n) is 45.5. The van der Waals surface area contributed by atoms with Crippen molar-refractivity contribution in [1.82, 2.24) is 0 Å². The van der Waals surface area contributed by atoms with E-state index in [1.807, 2.05) is 0 Å². The van der Waals surface area contributed by atoms with Crippen LogP contribution in [0.4, 0.5) is 0 Å². The van der Waals surface area contributed by atoms with Crippen molar-refractivity contribution in [2.45, 2.75) is 490 Å². The Bertz CT molecular complexity index is 2050. The van der Waals surface area contributed by atoms with Crippen LogP contribution < -0.4 is 0 Å².